The molecule has 0 saturated carbocycles. The maximum absolute atomic E-state index is 12.8. The number of rotatable bonds is 5. The van der Waals surface area contributed by atoms with Gasteiger partial charge in [0.2, 0.25) is 11.8 Å². The van der Waals surface area contributed by atoms with Gasteiger partial charge in [0.05, 0.1) is 0 Å². The van der Waals surface area contributed by atoms with Gasteiger partial charge in [-0.25, -0.2) is 0 Å². The molecule has 1 saturated heterocycles. The molecule has 3 amide bonds. The van der Waals surface area contributed by atoms with Crippen LogP contribution in [0.5, 0.6) is 0 Å². The Hall–Kier alpha value is -3.15. The zero-order chi connectivity index (χ0) is 17.6. The van der Waals surface area contributed by atoms with E-state index < -0.39 is 6.04 Å². The standard InChI is InChI=1S/C19H19N3O3/c23-17(21-16-11-12-20-18(16)24)13-22(15-9-5-2-6-10-15)19(25)14-7-3-1-4-8-14/h1-10,16H,11-13H2,(H,20,24)(H,21,23)/t16-/m0/s1. The molecule has 2 aromatic rings. The van der Waals surface area contributed by atoms with E-state index in [4.69, 9.17) is 0 Å². The van der Waals surface area contributed by atoms with Gasteiger partial charge in [0.15, 0.2) is 0 Å². The maximum Gasteiger partial charge on any atom is 0.258 e. The summed E-state index contributed by atoms with van der Waals surface area (Å²) in [5, 5.41) is 5.36. The lowest BCUT2D eigenvalue weighted by molar-refractivity contribution is -0.126. The van der Waals surface area contributed by atoms with E-state index in [-0.39, 0.29) is 24.3 Å². The molecule has 1 fully saturated rings. The number of nitrogens with one attached hydrogen (secondary N) is 2. The van der Waals surface area contributed by atoms with Crippen LogP contribution < -0.4 is 15.5 Å². The van der Waals surface area contributed by atoms with Crippen molar-refractivity contribution >= 4 is 23.4 Å². The highest BCUT2D eigenvalue weighted by molar-refractivity contribution is 6.09. The fourth-order valence-corrected chi connectivity index (χ4v) is 2.74. The molecule has 6 nitrogen and oxygen atoms in total. The smallest absolute Gasteiger partial charge is 0.258 e. The number of anilines is 1. The van der Waals surface area contributed by atoms with Crippen molar-refractivity contribution < 1.29 is 14.4 Å². The van der Waals surface area contributed by atoms with Gasteiger partial charge < -0.3 is 10.6 Å². The van der Waals surface area contributed by atoms with Gasteiger partial charge in [-0.3, -0.25) is 19.3 Å². The van der Waals surface area contributed by atoms with Gasteiger partial charge >= 0.3 is 0 Å². The number of amides is 3. The molecule has 25 heavy (non-hydrogen) atoms. The fourth-order valence-electron chi connectivity index (χ4n) is 2.74. The molecule has 0 aromatic heterocycles. The first-order valence-corrected chi connectivity index (χ1v) is 8.14. The van der Waals surface area contributed by atoms with E-state index in [1.807, 2.05) is 24.3 Å². The Bertz CT molecular complexity index is 762. The minimum atomic E-state index is -0.531. The zero-order valence-corrected chi connectivity index (χ0v) is 13.6. The molecule has 0 bridgehead atoms. The third kappa shape index (κ3) is 4.03. The van der Waals surface area contributed by atoms with Crippen molar-refractivity contribution in [3.63, 3.8) is 0 Å². The summed E-state index contributed by atoms with van der Waals surface area (Å²) in [6.07, 6.45) is 0.558. The van der Waals surface area contributed by atoms with Gasteiger partial charge in [0, 0.05) is 17.8 Å². The summed E-state index contributed by atoms with van der Waals surface area (Å²) < 4.78 is 0. The second-order valence-electron chi connectivity index (χ2n) is 5.79. The van der Waals surface area contributed by atoms with Gasteiger partial charge in [-0.05, 0) is 30.7 Å². The topological polar surface area (TPSA) is 78.5 Å². The normalized spacial score (nSPS) is 16.2. The summed E-state index contributed by atoms with van der Waals surface area (Å²) in [7, 11) is 0. The summed E-state index contributed by atoms with van der Waals surface area (Å²) in [4.78, 5) is 38.3. The predicted molar refractivity (Wildman–Crippen MR) is 94.1 cm³/mol. The van der Waals surface area contributed by atoms with Crippen molar-refractivity contribution in [1.29, 1.82) is 0 Å². The molecule has 0 radical (unpaired) electrons. The Kier molecular flexibility index (Phi) is 5.09. The van der Waals surface area contributed by atoms with Crippen molar-refractivity contribution in [3.8, 4) is 0 Å². The van der Waals surface area contributed by atoms with E-state index in [2.05, 4.69) is 10.6 Å². The molecule has 128 valence electrons. The molecule has 0 aliphatic carbocycles. The Labute approximate surface area is 145 Å². The summed E-state index contributed by atoms with van der Waals surface area (Å²) >= 11 is 0. The fraction of sp³-hybridized carbons (Fsp3) is 0.211. The van der Waals surface area contributed by atoms with Gasteiger partial charge in [0.1, 0.15) is 12.6 Å². The van der Waals surface area contributed by atoms with Crippen LogP contribution in [0.3, 0.4) is 0 Å². The average Bonchev–Trinajstić information content (AvgIpc) is 3.05. The summed E-state index contributed by atoms with van der Waals surface area (Å²) in [5.74, 6) is -0.818. The van der Waals surface area contributed by atoms with Crippen LogP contribution in [-0.4, -0.2) is 36.9 Å². The molecular formula is C19H19N3O3. The van der Waals surface area contributed by atoms with Crippen LogP contribution in [0.1, 0.15) is 16.8 Å². The van der Waals surface area contributed by atoms with Crippen LogP contribution in [0, 0.1) is 0 Å². The van der Waals surface area contributed by atoms with Gasteiger partial charge in [-0.15, -0.1) is 0 Å². The molecular weight excluding hydrogens is 318 g/mol. The van der Waals surface area contributed by atoms with Crippen molar-refractivity contribution in [2.45, 2.75) is 12.5 Å². The minimum absolute atomic E-state index is 0.151. The lowest BCUT2D eigenvalue weighted by Crippen LogP contribution is -2.46. The molecule has 1 aliphatic heterocycles. The molecule has 1 aliphatic rings. The van der Waals surface area contributed by atoms with E-state index in [1.54, 1.807) is 36.4 Å². The largest absolute Gasteiger partial charge is 0.354 e. The first-order valence-electron chi connectivity index (χ1n) is 8.14. The molecule has 0 spiro atoms. The van der Waals surface area contributed by atoms with E-state index >= 15 is 0 Å². The summed E-state index contributed by atoms with van der Waals surface area (Å²) in [5.41, 5.74) is 1.13. The molecule has 1 atom stereocenters. The van der Waals surface area contributed by atoms with Crippen molar-refractivity contribution in [2.75, 3.05) is 18.0 Å². The number of hydrogen-bond donors (Lipinski definition) is 2. The van der Waals surface area contributed by atoms with Gasteiger partial charge in [-0.2, -0.15) is 0 Å². The second-order valence-corrected chi connectivity index (χ2v) is 5.79. The Morgan fingerprint density at radius 1 is 1.04 bits per heavy atom. The maximum atomic E-state index is 12.8. The predicted octanol–water partition coefficient (Wildman–Crippen LogP) is 1.34. The molecule has 3 rings (SSSR count). The quantitative estimate of drug-likeness (QED) is 0.864. The highest BCUT2D eigenvalue weighted by atomic mass is 16.2. The van der Waals surface area contributed by atoms with Crippen molar-refractivity contribution in [2.24, 2.45) is 0 Å². The highest BCUT2D eigenvalue weighted by Crippen LogP contribution is 2.16. The van der Waals surface area contributed by atoms with Crippen LogP contribution in [0.2, 0.25) is 0 Å². The summed E-state index contributed by atoms with van der Waals surface area (Å²) in [6, 6.07) is 17.3. The SMILES string of the molecule is O=C(CN(C(=O)c1ccccc1)c1ccccc1)N[C@H]1CCNC1=O. The van der Waals surface area contributed by atoms with Crippen molar-refractivity contribution in [1.82, 2.24) is 10.6 Å². The molecule has 0 unspecified atom stereocenters. The van der Waals surface area contributed by atoms with Crippen molar-refractivity contribution in [3.05, 3.63) is 66.2 Å². The number of hydrogen-bond acceptors (Lipinski definition) is 3. The Morgan fingerprint density at radius 3 is 2.28 bits per heavy atom. The van der Waals surface area contributed by atoms with E-state index in [1.165, 1.54) is 4.90 Å². The Balaban J connectivity index is 1.78. The minimum Gasteiger partial charge on any atom is -0.354 e. The molecule has 6 heteroatoms. The van der Waals surface area contributed by atoms with Crippen LogP contribution in [-0.2, 0) is 9.59 Å². The van der Waals surface area contributed by atoms with E-state index in [0.717, 1.165) is 0 Å². The van der Waals surface area contributed by atoms with Crippen LogP contribution in [0.25, 0.3) is 0 Å². The third-order valence-corrected chi connectivity index (χ3v) is 4.02. The first-order chi connectivity index (χ1) is 12.1. The highest BCUT2D eigenvalue weighted by Gasteiger charge is 2.27. The molecule has 2 N–H and O–H groups in total. The van der Waals surface area contributed by atoms with Gasteiger partial charge in [0.25, 0.3) is 5.91 Å². The number of carbonyl (C=O) groups excluding carboxylic acids is 3. The van der Waals surface area contributed by atoms with Gasteiger partial charge in [-0.1, -0.05) is 36.4 Å². The molecule has 1 heterocycles. The number of benzene rings is 2. The third-order valence-electron chi connectivity index (χ3n) is 4.02. The van der Waals surface area contributed by atoms with E-state index in [0.29, 0.717) is 24.2 Å². The summed E-state index contributed by atoms with van der Waals surface area (Å²) in [6.45, 7) is 0.399. The monoisotopic (exact) mass is 337 g/mol. The van der Waals surface area contributed by atoms with E-state index in [9.17, 15) is 14.4 Å². The number of nitrogens with zero attached hydrogens (tertiary/aromatic N) is 1. The molecule has 2 aromatic carbocycles. The van der Waals surface area contributed by atoms with Crippen LogP contribution in [0.4, 0.5) is 5.69 Å². The van der Waals surface area contributed by atoms with Crippen LogP contribution in [0.15, 0.2) is 60.7 Å². The lowest BCUT2D eigenvalue weighted by atomic mass is 10.1. The van der Waals surface area contributed by atoms with Crippen LogP contribution >= 0.6 is 0 Å². The lowest BCUT2D eigenvalue weighted by Gasteiger charge is -2.23. The number of carbonyl (C=O) groups is 3. The average molecular weight is 337 g/mol. The Morgan fingerprint density at radius 2 is 1.68 bits per heavy atom. The first kappa shape index (κ1) is 16.7. The zero-order valence-electron chi connectivity index (χ0n) is 13.6. The second kappa shape index (κ2) is 7.61. The number of para-hydroxylation sites is 1.